The van der Waals surface area contributed by atoms with E-state index in [1.54, 1.807) is 58.4 Å². The molecule has 5 rings (SSSR count). The summed E-state index contributed by atoms with van der Waals surface area (Å²) in [5.41, 5.74) is 8.52. The summed E-state index contributed by atoms with van der Waals surface area (Å²) in [6, 6.07) is 11.5. The molecule has 0 bridgehead atoms. The van der Waals surface area contributed by atoms with Crippen molar-refractivity contribution in [2.75, 3.05) is 18.8 Å². The highest BCUT2D eigenvalue weighted by Gasteiger charge is 2.29. The minimum atomic E-state index is -0.997. The second-order valence-corrected chi connectivity index (χ2v) is 8.85. The molecule has 4 aromatic rings. The van der Waals surface area contributed by atoms with Crippen molar-refractivity contribution in [3.8, 4) is 11.1 Å². The van der Waals surface area contributed by atoms with Crippen LogP contribution in [0.4, 0.5) is 5.82 Å². The van der Waals surface area contributed by atoms with Crippen LogP contribution in [0.2, 0.25) is 0 Å². The van der Waals surface area contributed by atoms with E-state index in [2.05, 4.69) is 15.4 Å². The number of likely N-dealkylation sites (tertiary alicyclic amines) is 1. The van der Waals surface area contributed by atoms with Crippen molar-refractivity contribution in [1.82, 2.24) is 25.0 Å². The second kappa shape index (κ2) is 9.14. The molecule has 182 valence electrons. The van der Waals surface area contributed by atoms with E-state index in [0.717, 1.165) is 21.9 Å². The molecule has 1 atom stereocenters. The summed E-state index contributed by atoms with van der Waals surface area (Å²) >= 11 is 0. The summed E-state index contributed by atoms with van der Waals surface area (Å²) in [4.78, 5) is 43.1. The van der Waals surface area contributed by atoms with Gasteiger partial charge < -0.3 is 21.1 Å². The third-order valence-electron chi connectivity index (χ3n) is 6.35. The number of aromatic nitrogens is 3. The van der Waals surface area contributed by atoms with Crippen LogP contribution in [0.15, 0.2) is 61.1 Å². The van der Waals surface area contributed by atoms with Gasteiger partial charge in [0.15, 0.2) is 0 Å². The first kappa shape index (κ1) is 23.0. The number of carboxylic acids is 1. The van der Waals surface area contributed by atoms with Crippen LogP contribution < -0.4 is 11.1 Å². The van der Waals surface area contributed by atoms with Gasteiger partial charge in [-0.1, -0.05) is 12.1 Å². The molecule has 0 radical (unpaired) electrons. The normalized spacial score (nSPS) is 15.2. The Balaban J connectivity index is 1.26. The minimum Gasteiger partial charge on any atom is -0.478 e. The van der Waals surface area contributed by atoms with Crippen LogP contribution in [0.5, 0.6) is 0 Å². The predicted octanol–water partition coefficient (Wildman–Crippen LogP) is 2.56. The van der Waals surface area contributed by atoms with Crippen LogP contribution in [0.3, 0.4) is 0 Å². The van der Waals surface area contributed by atoms with Gasteiger partial charge in [-0.25, -0.2) is 9.78 Å². The summed E-state index contributed by atoms with van der Waals surface area (Å²) in [7, 11) is 1.81. The number of carboxylic acid groups (broad SMARTS) is 1. The summed E-state index contributed by atoms with van der Waals surface area (Å²) < 4.78 is 1.67. The van der Waals surface area contributed by atoms with Gasteiger partial charge in [-0.2, -0.15) is 5.10 Å². The quantitative estimate of drug-likeness (QED) is 0.395. The lowest BCUT2D eigenvalue weighted by Crippen LogP contribution is -2.38. The number of nitrogens with zero attached hydrogens (tertiary/aromatic N) is 4. The summed E-state index contributed by atoms with van der Waals surface area (Å²) in [5, 5.41) is 17.8. The largest absolute Gasteiger partial charge is 0.478 e. The van der Waals surface area contributed by atoms with E-state index in [0.29, 0.717) is 25.1 Å². The number of carbonyl (C=O) groups excluding carboxylic acids is 2. The zero-order valence-electron chi connectivity index (χ0n) is 19.5. The maximum absolute atomic E-state index is 13.1. The lowest BCUT2D eigenvalue weighted by molar-refractivity contribution is 0.0696. The Morgan fingerprint density at radius 1 is 1.03 bits per heavy atom. The van der Waals surface area contributed by atoms with Gasteiger partial charge in [0.05, 0.1) is 17.3 Å². The molecule has 2 amide bonds. The van der Waals surface area contributed by atoms with E-state index in [-0.39, 0.29) is 34.8 Å². The molecule has 10 nitrogen and oxygen atoms in total. The highest BCUT2D eigenvalue weighted by Crippen LogP contribution is 2.23. The number of rotatable bonds is 5. The molecule has 1 aliphatic rings. The molecule has 0 unspecified atom stereocenters. The summed E-state index contributed by atoms with van der Waals surface area (Å²) in [5.74, 6) is -1.35. The first-order valence-electron chi connectivity index (χ1n) is 11.4. The minimum absolute atomic E-state index is 0.133. The van der Waals surface area contributed by atoms with Crippen LogP contribution >= 0.6 is 0 Å². The number of hydrogen-bond acceptors (Lipinski definition) is 6. The lowest BCUT2D eigenvalue weighted by atomic mass is 10.0. The van der Waals surface area contributed by atoms with Crippen LogP contribution in [-0.4, -0.2) is 61.7 Å². The molecule has 0 spiro atoms. The van der Waals surface area contributed by atoms with E-state index >= 15 is 0 Å². The monoisotopic (exact) mass is 484 g/mol. The fourth-order valence-electron chi connectivity index (χ4n) is 4.41. The number of hydrogen-bond donors (Lipinski definition) is 3. The number of carbonyl (C=O) groups is 3. The van der Waals surface area contributed by atoms with Crippen LogP contribution in [0.25, 0.3) is 21.9 Å². The second-order valence-electron chi connectivity index (χ2n) is 8.85. The van der Waals surface area contributed by atoms with Gasteiger partial charge in [0.2, 0.25) is 0 Å². The average molecular weight is 485 g/mol. The van der Waals surface area contributed by atoms with Gasteiger partial charge in [-0.3, -0.25) is 14.3 Å². The number of fused-ring (bicyclic) bond motifs is 1. The predicted molar refractivity (Wildman–Crippen MR) is 134 cm³/mol. The zero-order valence-corrected chi connectivity index (χ0v) is 19.5. The SMILES string of the molecule is Cn1cc(-c2cnc(N)c(C(=O)N[C@@H]3CCN(C(=O)c4ccc5cc(C(=O)O)ccc5c4)C3)c2)cn1. The van der Waals surface area contributed by atoms with Crippen molar-refractivity contribution in [3.05, 3.63) is 77.7 Å². The van der Waals surface area contributed by atoms with Gasteiger partial charge in [-0.15, -0.1) is 0 Å². The topological polar surface area (TPSA) is 143 Å². The Morgan fingerprint density at radius 2 is 1.75 bits per heavy atom. The molecule has 0 saturated carbocycles. The number of aryl methyl sites for hydroxylation is 1. The molecule has 2 aromatic heterocycles. The highest BCUT2D eigenvalue weighted by molar-refractivity contribution is 6.01. The van der Waals surface area contributed by atoms with Crippen LogP contribution in [0, 0.1) is 0 Å². The highest BCUT2D eigenvalue weighted by atomic mass is 16.4. The smallest absolute Gasteiger partial charge is 0.335 e. The summed E-state index contributed by atoms with van der Waals surface area (Å²) in [6.07, 6.45) is 5.73. The van der Waals surface area contributed by atoms with Crippen molar-refractivity contribution < 1.29 is 19.5 Å². The van der Waals surface area contributed by atoms with E-state index in [1.807, 2.05) is 13.2 Å². The Labute approximate surface area is 206 Å². The fraction of sp³-hybridized carbons (Fsp3) is 0.192. The molecular formula is C26H24N6O4. The molecule has 4 N–H and O–H groups in total. The summed E-state index contributed by atoms with van der Waals surface area (Å²) in [6.45, 7) is 0.874. The maximum atomic E-state index is 13.1. The van der Waals surface area contributed by atoms with Crippen LogP contribution in [0.1, 0.15) is 37.5 Å². The zero-order chi connectivity index (χ0) is 25.4. The average Bonchev–Trinajstić information content (AvgIpc) is 3.52. The number of nitrogens with two attached hydrogens (primary N) is 1. The third-order valence-corrected chi connectivity index (χ3v) is 6.35. The van der Waals surface area contributed by atoms with Crippen molar-refractivity contribution in [2.24, 2.45) is 7.05 Å². The van der Waals surface area contributed by atoms with E-state index in [9.17, 15) is 14.4 Å². The maximum Gasteiger partial charge on any atom is 0.335 e. The number of pyridine rings is 1. The van der Waals surface area contributed by atoms with Crippen molar-refractivity contribution >= 4 is 34.4 Å². The van der Waals surface area contributed by atoms with Gasteiger partial charge in [-0.05, 0) is 47.5 Å². The van der Waals surface area contributed by atoms with Crippen molar-refractivity contribution in [1.29, 1.82) is 0 Å². The Hall–Kier alpha value is -4.73. The van der Waals surface area contributed by atoms with Gasteiger partial charge in [0, 0.05) is 55.3 Å². The van der Waals surface area contributed by atoms with E-state index in [4.69, 9.17) is 10.8 Å². The molecular weight excluding hydrogens is 460 g/mol. The Morgan fingerprint density at radius 3 is 2.44 bits per heavy atom. The third kappa shape index (κ3) is 4.48. The van der Waals surface area contributed by atoms with E-state index in [1.165, 1.54) is 6.07 Å². The first-order chi connectivity index (χ1) is 17.3. The number of aromatic carboxylic acids is 1. The van der Waals surface area contributed by atoms with Gasteiger partial charge in [0.25, 0.3) is 11.8 Å². The molecule has 3 heterocycles. The molecule has 36 heavy (non-hydrogen) atoms. The van der Waals surface area contributed by atoms with Crippen molar-refractivity contribution in [2.45, 2.75) is 12.5 Å². The van der Waals surface area contributed by atoms with Crippen molar-refractivity contribution in [3.63, 3.8) is 0 Å². The number of nitrogens with one attached hydrogen (secondary N) is 1. The van der Waals surface area contributed by atoms with Gasteiger partial charge >= 0.3 is 5.97 Å². The van der Waals surface area contributed by atoms with E-state index < -0.39 is 5.97 Å². The molecule has 1 saturated heterocycles. The standard InChI is InChI=1S/C26H24N6O4/c1-31-13-20(12-29-31)19-10-22(23(27)28-11-19)24(33)30-21-6-7-32(14-21)25(34)17-4-2-16-9-18(26(35)36)5-3-15(16)8-17/h2-5,8-13,21H,6-7,14H2,1H3,(H2,27,28)(H,30,33)(H,35,36)/t21-/m1/s1. The molecule has 2 aromatic carbocycles. The number of anilines is 1. The number of amides is 2. The number of nitrogen functional groups attached to an aromatic ring is 1. The Bertz CT molecular complexity index is 1510. The van der Waals surface area contributed by atoms with Crippen LogP contribution in [-0.2, 0) is 7.05 Å². The molecule has 1 aliphatic heterocycles. The Kier molecular flexibility index (Phi) is 5.85. The van der Waals surface area contributed by atoms with Gasteiger partial charge in [0.1, 0.15) is 5.82 Å². The molecule has 1 fully saturated rings. The first-order valence-corrected chi connectivity index (χ1v) is 11.4. The fourth-order valence-corrected chi connectivity index (χ4v) is 4.41. The number of benzene rings is 2. The molecule has 0 aliphatic carbocycles. The molecule has 10 heteroatoms. The lowest BCUT2D eigenvalue weighted by Gasteiger charge is -2.18.